The average Bonchev–Trinajstić information content (AvgIpc) is 3.21. The Labute approximate surface area is 185 Å². The summed E-state index contributed by atoms with van der Waals surface area (Å²) in [5, 5.41) is 43.9. The molecule has 10 nitrogen and oxygen atoms in total. The molecule has 4 rings (SSSR count). The molecule has 1 saturated heterocycles. The first-order chi connectivity index (χ1) is 14.8. The van der Waals surface area contributed by atoms with Crippen LogP contribution in [0.2, 0.25) is 0 Å². The Morgan fingerprint density at radius 1 is 1.23 bits per heavy atom. The molecule has 3 fully saturated rings. The van der Waals surface area contributed by atoms with Gasteiger partial charge in [-0.1, -0.05) is 6.92 Å². The second kappa shape index (κ2) is 8.99. The van der Waals surface area contributed by atoms with Gasteiger partial charge in [-0.3, -0.25) is 4.79 Å². The molecular formula is C20H32N4O6S. The lowest BCUT2D eigenvalue weighted by Crippen LogP contribution is -2.78. The number of carbonyl (C=O) groups excluding carboxylic acids is 1. The first-order valence-corrected chi connectivity index (χ1v) is 11.7. The van der Waals surface area contributed by atoms with Crippen molar-refractivity contribution in [2.24, 2.45) is 5.92 Å². The molecule has 1 aromatic rings. The minimum atomic E-state index is -1.77. The van der Waals surface area contributed by atoms with Crippen LogP contribution in [0.1, 0.15) is 25.5 Å². The van der Waals surface area contributed by atoms with Crippen LogP contribution in [-0.2, 0) is 20.7 Å². The van der Waals surface area contributed by atoms with Gasteiger partial charge in [0.25, 0.3) is 0 Å². The average molecular weight is 457 g/mol. The SMILES string of the molecule is CN[C@@H]1[C@H](O)[C@H](NC)[C@H]2O[C@@]3(O)[C@H](NC(=O)Cc4cscn4)C[C@@H](C)C[C@H]3O[C@@H]2[C@H]1O. The number of aromatic nitrogens is 1. The van der Waals surface area contributed by atoms with Gasteiger partial charge in [-0.2, -0.15) is 0 Å². The van der Waals surface area contributed by atoms with E-state index in [1.165, 1.54) is 11.3 Å². The van der Waals surface area contributed by atoms with Crippen LogP contribution in [0.15, 0.2) is 10.9 Å². The van der Waals surface area contributed by atoms with Crippen LogP contribution in [0.4, 0.5) is 0 Å². The zero-order valence-electron chi connectivity index (χ0n) is 17.9. The summed E-state index contributed by atoms with van der Waals surface area (Å²) in [6.45, 7) is 2.03. The van der Waals surface area contributed by atoms with E-state index in [1.54, 1.807) is 19.6 Å². The van der Waals surface area contributed by atoms with E-state index < -0.39 is 54.4 Å². The molecule has 1 aromatic heterocycles. The quantitative estimate of drug-likeness (QED) is 0.307. The monoisotopic (exact) mass is 456 g/mol. The van der Waals surface area contributed by atoms with Crippen molar-refractivity contribution in [2.45, 2.75) is 80.6 Å². The number of likely N-dealkylation sites (N-methyl/N-ethyl adjacent to an activating group) is 2. The molecule has 11 heteroatoms. The van der Waals surface area contributed by atoms with Crippen molar-refractivity contribution in [2.75, 3.05) is 14.1 Å². The maximum Gasteiger partial charge on any atom is 0.226 e. The molecule has 0 unspecified atom stereocenters. The normalized spacial score (nSPS) is 44.9. The number of ether oxygens (including phenoxy) is 2. The summed E-state index contributed by atoms with van der Waals surface area (Å²) in [5.74, 6) is -1.86. The number of rotatable bonds is 5. The van der Waals surface area contributed by atoms with Gasteiger partial charge in [0.05, 0.1) is 41.9 Å². The van der Waals surface area contributed by atoms with Gasteiger partial charge in [0, 0.05) is 5.38 Å². The van der Waals surface area contributed by atoms with Crippen LogP contribution in [0, 0.1) is 5.92 Å². The molecule has 0 bridgehead atoms. The molecule has 1 aliphatic heterocycles. The van der Waals surface area contributed by atoms with Gasteiger partial charge in [-0.25, -0.2) is 4.98 Å². The Bertz CT molecular complexity index is 769. The minimum Gasteiger partial charge on any atom is -0.390 e. The van der Waals surface area contributed by atoms with E-state index in [0.717, 1.165) is 0 Å². The molecular weight excluding hydrogens is 424 g/mol. The number of thiazole rings is 1. The number of nitrogens with one attached hydrogen (secondary N) is 3. The fourth-order valence-corrected chi connectivity index (χ4v) is 5.80. The van der Waals surface area contributed by atoms with Crippen molar-refractivity contribution in [1.82, 2.24) is 20.9 Å². The van der Waals surface area contributed by atoms with Crippen molar-refractivity contribution in [3.8, 4) is 0 Å². The molecule has 0 aromatic carbocycles. The number of fused-ring (bicyclic) bond motifs is 2. The fourth-order valence-electron chi connectivity index (χ4n) is 5.24. The van der Waals surface area contributed by atoms with Crippen molar-refractivity contribution in [3.05, 3.63) is 16.6 Å². The Morgan fingerprint density at radius 3 is 2.61 bits per heavy atom. The number of aliphatic hydroxyl groups excluding tert-OH is 2. The Morgan fingerprint density at radius 2 is 1.97 bits per heavy atom. The summed E-state index contributed by atoms with van der Waals surface area (Å²) in [6.07, 6.45) is -3.08. The van der Waals surface area contributed by atoms with E-state index in [1.807, 2.05) is 12.3 Å². The zero-order chi connectivity index (χ0) is 22.3. The maximum atomic E-state index is 12.6. The highest BCUT2D eigenvalue weighted by atomic mass is 32.1. The van der Waals surface area contributed by atoms with Gasteiger partial charge in [-0.05, 0) is 32.9 Å². The highest BCUT2D eigenvalue weighted by Crippen LogP contribution is 2.44. The molecule has 2 saturated carbocycles. The van der Waals surface area contributed by atoms with Crippen LogP contribution in [-0.4, -0.2) is 94.7 Å². The summed E-state index contributed by atoms with van der Waals surface area (Å²) in [6, 6.07) is -1.88. The van der Waals surface area contributed by atoms with Crippen LogP contribution in [0.3, 0.4) is 0 Å². The van der Waals surface area contributed by atoms with E-state index in [9.17, 15) is 20.1 Å². The van der Waals surface area contributed by atoms with Crippen molar-refractivity contribution in [3.63, 3.8) is 0 Å². The van der Waals surface area contributed by atoms with E-state index >= 15 is 0 Å². The number of amides is 1. The third-order valence-electron chi connectivity index (χ3n) is 6.81. The minimum absolute atomic E-state index is 0.114. The van der Waals surface area contributed by atoms with E-state index in [0.29, 0.717) is 18.5 Å². The Hall–Kier alpha value is -1.18. The second-order valence-corrected chi connectivity index (χ2v) is 9.61. The lowest BCUT2D eigenvalue weighted by molar-refractivity contribution is -0.392. The second-order valence-electron chi connectivity index (χ2n) is 8.89. The van der Waals surface area contributed by atoms with Crippen LogP contribution < -0.4 is 16.0 Å². The van der Waals surface area contributed by atoms with Crippen LogP contribution >= 0.6 is 11.3 Å². The Balaban J connectivity index is 1.57. The summed E-state index contributed by atoms with van der Waals surface area (Å²) < 4.78 is 12.4. The predicted octanol–water partition coefficient (Wildman–Crippen LogP) is -1.65. The van der Waals surface area contributed by atoms with Crippen LogP contribution in [0.5, 0.6) is 0 Å². The lowest BCUT2D eigenvalue weighted by atomic mass is 9.75. The Kier molecular flexibility index (Phi) is 6.67. The first kappa shape index (κ1) is 23.0. The summed E-state index contributed by atoms with van der Waals surface area (Å²) in [4.78, 5) is 16.8. The smallest absolute Gasteiger partial charge is 0.226 e. The van der Waals surface area contributed by atoms with Gasteiger partial charge in [-0.15, -0.1) is 11.3 Å². The third kappa shape index (κ3) is 4.13. The topological polar surface area (TPSA) is 145 Å². The largest absolute Gasteiger partial charge is 0.390 e. The number of hydrogen-bond donors (Lipinski definition) is 6. The molecule has 1 amide bonds. The molecule has 10 atom stereocenters. The summed E-state index contributed by atoms with van der Waals surface area (Å²) in [7, 11) is 3.35. The molecule has 2 aliphatic carbocycles. The highest BCUT2D eigenvalue weighted by molar-refractivity contribution is 7.07. The molecule has 2 heterocycles. The number of hydrogen-bond acceptors (Lipinski definition) is 10. The summed E-state index contributed by atoms with van der Waals surface area (Å²) in [5.41, 5.74) is 2.34. The number of aliphatic hydroxyl groups is 3. The van der Waals surface area contributed by atoms with Gasteiger partial charge < -0.3 is 40.7 Å². The third-order valence-corrected chi connectivity index (χ3v) is 7.44. The molecule has 3 aliphatic rings. The molecule has 6 N–H and O–H groups in total. The van der Waals surface area contributed by atoms with Gasteiger partial charge >= 0.3 is 0 Å². The van der Waals surface area contributed by atoms with Crippen molar-refractivity contribution in [1.29, 1.82) is 0 Å². The van der Waals surface area contributed by atoms with Crippen LogP contribution in [0.25, 0.3) is 0 Å². The lowest BCUT2D eigenvalue weighted by Gasteiger charge is -2.58. The molecule has 0 radical (unpaired) electrons. The van der Waals surface area contributed by atoms with Gasteiger partial charge in [0.2, 0.25) is 11.7 Å². The molecule has 31 heavy (non-hydrogen) atoms. The molecule has 174 valence electrons. The number of carbonyl (C=O) groups is 1. The number of nitrogens with zero attached hydrogens (tertiary/aromatic N) is 1. The van der Waals surface area contributed by atoms with Gasteiger partial charge in [0.1, 0.15) is 24.4 Å². The van der Waals surface area contributed by atoms with E-state index in [4.69, 9.17) is 9.47 Å². The molecule has 0 spiro atoms. The summed E-state index contributed by atoms with van der Waals surface area (Å²) >= 11 is 1.42. The highest BCUT2D eigenvalue weighted by Gasteiger charge is 2.62. The maximum absolute atomic E-state index is 12.6. The van der Waals surface area contributed by atoms with Gasteiger partial charge in [0.15, 0.2) is 0 Å². The standard InChI is InChI=1S/C20H32N4O6S/c1-9-4-11(24-13(25)6-10-7-31-8-23-10)20(28)12(5-9)29-19-17(27)14(21-2)16(26)15(22-3)18(19)30-20/h7-9,11-12,14-19,21-22,26-28H,4-6H2,1-3H3,(H,24,25)/t9-,11-,12-,14-,15+,16+,17+,18-,19-,20+/m1/s1. The van der Waals surface area contributed by atoms with Crippen molar-refractivity contribution < 1.29 is 29.6 Å². The first-order valence-electron chi connectivity index (χ1n) is 10.7. The van der Waals surface area contributed by atoms with E-state index in [-0.39, 0.29) is 18.2 Å². The van der Waals surface area contributed by atoms with Crippen molar-refractivity contribution >= 4 is 17.2 Å². The fraction of sp³-hybridized carbons (Fsp3) is 0.800. The predicted molar refractivity (Wildman–Crippen MR) is 112 cm³/mol. The van der Waals surface area contributed by atoms with E-state index in [2.05, 4.69) is 20.9 Å². The zero-order valence-corrected chi connectivity index (χ0v) is 18.7.